The summed E-state index contributed by atoms with van der Waals surface area (Å²) in [6.45, 7) is 3.03. The lowest BCUT2D eigenvalue weighted by Gasteiger charge is -2.70. The van der Waals surface area contributed by atoms with Gasteiger partial charge < -0.3 is 5.11 Å². The molecule has 2 aliphatic heterocycles. The van der Waals surface area contributed by atoms with Crippen molar-refractivity contribution in [3.63, 3.8) is 0 Å². The fraction of sp³-hybridized carbons (Fsp3) is 0.429. The molecule has 150 valence electrons. The van der Waals surface area contributed by atoms with Crippen molar-refractivity contribution in [1.29, 1.82) is 0 Å². The Morgan fingerprint density at radius 3 is 2.32 bits per heavy atom. The number of aliphatic hydroxyl groups is 1. The van der Waals surface area contributed by atoms with Gasteiger partial charge in [-0.3, -0.25) is 4.90 Å². The van der Waals surface area contributed by atoms with Crippen LogP contribution in [-0.4, -0.2) is 59.8 Å². The van der Waals surface area contributed by atoms with E-state index in [9.17, 15) is 17.9 Å². The first-order chi connectivity index (χ1) is 13.4. The molecular weight excluding hydrogens is 379 g/mol. The molecule has 0 radical (unpaired) electrons. The molecule has 0 saturated carbocycles. The lowest BCUT2D eigenvalue weighted by atomic mass is 9.61. The smallest absolute Gasteiger partial charge is 0.213 e. The third kappa shape index (κ3) is 3.06. The average molecular weight is 405 g/mol. The summed E-state index contributed by atoms with van der Waals surface area (Å²) in [4.78, 5) is 2.19. The van der Waals surface area contributed by atoms with Gasteiger partial charge in [-0.15, -0.1) is 0 Å². The van der Waals surface area contributed by atoms with E-state index in [4.69, 9.17) is 0 Å². The molecule has 2 aliphatic rings. The number of nitrogens with zero attached hydrogens (tertiary/aromatic N) is 2. The lowest BCUT2D eigenvalue weighted by Crippen LogP contribution is -2.84. The minimum absolute atomic E-state index is 0.0109. The third-order valence-electron chi connectivity index (χ3n) is 6.21. The van der Waals surface area contributed by atoms with Crippen LogP contribution in [0.2, 0.25) is 0 Å². The third-order valence-corrected chi connectivity index (χ3v) is 7.98. The quantitative estimate of drug-likeness (QED) is 0.802. The molecule has 2 aromatic carbocycles. The van der Waals surface area contributed by atoms with Crippen molar-refractivity contribution in [3.8, 4) is 0 Å². The maximum absolute atomic E-state index is 13.3. The SMILES string of the molecule is CCS(=O)(=O)N1CC2(C1)[C@H](c1ccccc1)[C@H](CO)N2Cc1ccc(F)cc1. The zero-order valence-electron chi connectivity index (χ0n) is 15.8. The first-order valence-corrected chi connectivity index (χ1v) is 11.2. The first-order valence-electron chi connectivity index (χ1n) is 9.56. The monoisotopic (exact) mass is 404 g/mol. The van der Waals surface area contributed by atoms with Crippen molar-refractivity contribution in [2.24, 2.45) is 0 Å². The van der Waals surface area contributed by atoms with E-state index in [-0.39, 0.29) is 35.7 Å². The van der Waals surface area contributed by atoms with E-state index in [1.54, 1.807) is 19.1 Å². The fourth-order valence-corrected chi connectivity index (χ4v) is 5.95. The Hall–Kier alpha value is -1.80. The van der Waals surface area contributed by atoms with E-state index in [0.29, 0.717) is 19.6 Å². The topological polar surface area (TPSA) is 60.9 Å². The van der Waals surface area contributed by atoms with Crippen molar-refractivity contribution in [1.82, 2.24) is 9.21 Å². The Labute approximate surface area is 165 Å². The molecule has 0 aliphatic carbocycles. The van der Waals surface area contributed by atoms with E-state index < -0.39 is 10.0 Å². The maximum atomic E-state index is 13.3. The number of benzene rings is 2. The van der Waals surface area contributed by atoms with Gasteiger partial charge in [0, 0.05) is 31.6 Å². The Bertz CT molecular complexity index is 928. The lowest BCUT2D eigenvalue weighted by molar-refractivity contribution is -0.175. The summed E-state index contributed by atoms with van der Waals surface area (Å²) in [5.74, 6) is -0.144. The molecule has 0 unspecified atom stereocenters. The molecule has 4 rings (SSSR count). The number of sulfonamides is 1. The van der Waals surface area contributed by atoms with Gasteiger partial charge in [-0.1, -0.05) is 42.5 Å². The Morgan fingerprint density at radius 2 is 1.75 bits per heavy atom. The van der Waals surface area contributed by atoms with E-state index in [1.165, 1.54) is 16.4 Å². The molecule has 2 saturated heterocycles. The van der Waals surface area contributed by atoms with E-state index in [0.717, 1.165) is 11.1 Å². The van der Waals surface area contributed by atoms with Gasteiger partial charge in [0.05, 0.1) is 17.9 Å². The number of aliphatic hydroxyl groups excluding tert-OH is 1. The van der Waals surface area contributed by atoms with Crippen LogP contribution < -0.4 is 0 Å². The zero-order chi connectivity index (χ0) is 19.9. The van der Waals surface area contributed by atoms with Gasteiger partial charge in [0.15, 0.2) is 0 Å². The molecule has 2 heterocycles. The van der Waals surface area contributed by atoms with Crippen LogP contribution in [0.3, 0.4) is 0 Å². The van der Waals surface area contributed by atoms with Crippen LogP contribution in [0.15, 0.2) is 54.6 Å². The Morgan fingerprint density at radius 1 is 1.11 bits per heavy atom. The zero-order valence-corrected chi connectivity index (χ0v) is 16.6. The van der Waals surface area contributed by atoms with Crippen molar-refractivity contribution in [2.45, 2.75) is 31.0 Å². The van der Waals surface area contributed by atoms with Gasteiger partial charge >= 0.3 is 0 Å². The largest absolute Gasteiger partial charge is 0.395 e. The summed E-state index contributed by atoms with van der Waals surface area (Å²) >= 11 is 0. The minimum Gasteiger partial charge on any atom is -0.395 e. The number of halogens is 1. The van der Waals surface area contributed by atoms with E-state index in [2.05, 4.69) is 4.90 Å². The number of likely N-dealkylation sites (tertiary alicyclic amines) is 1. The van der Waals surface area contributed by atoms with Crippen molar-refractivity contribution < 1.29 is 17.9 Å². The summed E-state index contributed by atoms with van der Waals surface area (Å²) in [6, 6.07) is 16.2. The standard InChI is InChI=1S/C21H25FN2O3S/c1-2-28(26,27)23-14-21(15-23)20(17-6-4-3-5-7-17)19(13-25)24(21)12-16-8-10-18(22)11-9-16/h3-11,19-20,25H,2,12-15H2,1H3/t19-,20+/m0/s1. The number of hydrogen-bond donors (Lipinski definition) is 1. The Kier molecular flexibility index (Phi) is 5.03. The van der Waals surface area contributed by atoms with Crippen LogP contribution in [0.5, 0.6) is 0 Å². The van der Waals surface area contributed by atoms with Crippen molar-refractivity contribution in [3.05, 3.63) is 71.5 Å². The highest BCUT2D eigenvalue weighted by Gasteiger charge is 2.66. The average Bonchev–Trinajstić information content (AvgIpc) is 2.66. The number of rotatable bonds is 6. The van der Waals surface area contributed by atoms with Crippen LogP contribution in [0.4, 0.5) is 4.39 Å². The van der Waals surface area contributed by atoms with E-state index in [1.807, 2.05) is 30.3 Å². The van der Waals surface area contributed by atoms with Crippen LogP contribution in [0.25, 0.3) is 0 Å². The van der Waals surface area contributed by atoms with Gasteiger partial charge in [0.1, 0.15) is 5.82 Å². The highest BCUT2D eigenvalue weighted by atomic mass is 32.2. The summed E-state index contributed by atoms with van der Waals surface area (Å²) in [5, 5.41) is 10.1. The van der Waals surface area contributed by atoms with E-state index >= 15 is 0 Å². The molecule has 1 N–H and O–H groups in total. The molecule has 2 fully saturated rings. The molecule has 2 aromatic rings. The summed E-state index contributed by atoms with van der Waals surface area (Å²) < 4.78 is 39.5. The molecular formula is C21H25FN2O3S. The van der Waals surface area contributed by atoms with Crippen LogP contribution >= 0.6 is 0 Å². The molecule has 0 aromatic heterocycles. The summed E-state index contributed by atoms with van der Waals surface area (Å²) in [6.07, 6.45) is 0. The highest BCUT2D eigenvalue weighted by molar-refractivity contribution is 7.89. The van der Waals surface area contributed by atoms with Crippen LogP contribution in [0, 0.1) is 5.82 Å². The molecule has 7 heteroatoms. The second kappa shape index (κ2) is 7.22. The molecule has 28 heavy (non-hydrogen) atoms. The summed E-state index contributed by atoms with van der Waals surface area (Å²) in [5.41, 5.74) is 1.72. The molecule has 1 spiro atoms. The Balaban J connectivity index is 1.65. The second-order valence-electron chi connectivity index (χ2n) is 7.66. The molecule has 0 bridgehead atoms. The van der Waals surface area contributed by atoms with Gasteiger partial charge in [0.25, 0.3) is 0 Å². The fourth-order valence-electron chi connectivity index (χ4n) is 4.74. The van der Waals surface area contributed by atoms with Crippen molar-refractivity contribution >= 4 is 10.0 Å². The van der Waals surface area contributed by atoms with Crippen LogP contribution in [-0.2, 0) is 16.6 Å². The van der Waals surface area contributed by atoms with Gasteiger partial charge in [-0.25, -0.2) is 12.8 Å². The molecule has 0 amide bonds. The first kappa shape index (κ1) is 19.5. The predicted molar refractivity (Wildman–Crippen MR) is 106 cm³/mol. The minimum atomic E-state index is -3.25. The van der Waals surface area contributed by atoms with Gasteiger partial charge in [-0.2, -0.15) is 4.31 Å². The van der Waals surface area contributed by atoms with Gasteiger partial charge in [0.2, 0.25) is 10.0 Å². The maximum Gasteiger partial charge on any atom is 0.213 e. The molecule has 5 nitrogen and oxygen atoms in total. The van der Waals surface area contributed by atoms with Crippen molar-refractivity contribution in [2.75, 3.05) is 25.4 Å². The summed E-state index contributed by atoms with van der Waals surface area (Å²) in [7, 11) is -3.25. The van der Waals surface area contributed by atoms with Gasteiger partial charge in [-0.05, 0) is 30.2 Å². The molecule has 2 atom stereocenters. The number of hydrogen-bond acceptors (Lipinski definition) is 4. The van der Waals surface area contributed by atoms with Crippen LogP contribution in [0.1, 0.15) is 24.0 Å². The second-order valence-corrected chi connectivity index (χ2v) is 9.92. The highest BCUT2D eigenvalue weighted by Crippen LogP contribution is 2.54. The predicted octanol–water partition coefficient (Wildman–Crippen LogP) is 2.19. The normalized spacial score (nSPS) is 24.7.